The van der Waals surface area contributed by atoms with Crippen molar-refractivity contribution in [2.24, 2.45) is 5.92 Å². The second kappa shape index (κ2) is 6.21. The van der Waals surface area contributed by atoms with Gasteiger partial charge in [-0.15, -0.1) is 0 Å². The highest BCUT2D eigenvalue weighted by Crippen LogP contribution is 2.28. The Balaban J connectivity index is 2.18. The Bertz CT molecular complexity index is 454. The molecule has 1 aliphatic heterocycles. The second-order valence-corrected chi connectivity index (χ2v) is 5.60. The van der Waals surface area contributed by atoms with Crippen LogP contribution < -0.4 is 4.90 Å². The number of piperidine rings is 1. The molecule has 1 atom stereocenters. The van der Waals surface area contributed by atoms with E-state index in [9.17, 15) is 5.26 Å². The lowest BCUT2D eigenvalue weighted by molar-refractivity contribution is 0.143. The number of hydrogen-bond donors (Lipinski definition) is 0. The SMILES string of the molecule is COCC1CCCN(c2ccc(Br)cc2C#N)C1. The Labute approximate surface area is 116 Å². The maximum absolute atomic E-state index is 9.22. The fourth-order valence-corrected chi connectivity index (χ4v) is 2.89. The molecule has 1 fully saturated rings. The van der Waals surface area contributed by atoms with E-state index in [0.29, 0.717) is 5.92 Å². The zero-order chi connectivity index (χ0) is 13.0. The van der Waals surface area contributed by atoms with Crippen LogP contribution in [0.2, 0.25) is 0 Å². The van der Waals surface area contributed by atoms with Gasteiger partial charge in [-0.1, -0.05) is 15.9 Å². The van der Waals surface area contributed by atoms with Crippen LogP contribution in [0.3, 0.4) is 0 Å². The molecule has 1 aromatic rings. The Hall–Kier alpha value is -1.05. The quantitative estimate of drug-likeness (QED) is 0.860. The molecule has 1 saturated heterocycles. The Kier molecular flexibility index (Phi) is 4.62. The molecule has 0 amide bonds. The molecule has 0 N–H and O–H groups in total. The summed E-state index contributed by atoms with van der Waals surface area (Å²) in [6.07, 6.45) is 2.37. The maximum atomic E-state index is 9.22. The molecule has 3 nitrogen and oxygen atoms in total. The van der Waals surface area contributed by atoms with Gasteiger partial charge in [-0.05, 0) is 37.0 Å². The molecule has 0 radical (unpaired) electrons. The van der Waals surface area contributed by atoms with Crippen LogP contribution in [0.5, 0.6) is 0 Å². The van der Waals surface area contributed by atoms with E-state index >= 15 is 0 Å². The number of nitriles is 1. The van der Waals surface area contributed by atoms with Gasteiger partial charge in [-0.2, -0.15) is 5.26 Å². The van der Waals surface area contributed by atoms with Crippen molar-refractivity contribution in [2.45, 2.75) is 12.8 Å². The molecule has 96 valence electrons. The number of ether oxygens (including phenoxy) is 1. The van der Waals surface area contributed by atoms with Gasteiger partial charge in [-0.3, -0.25) is 0 Å². The van der Waals surface area contributed by atoms with Crippen molar-refractivity contribution in [3.63, 3.8) is 0 Å². The van der Waals surface area contributed by atoms with E-state index in [1.54, 1.807) is 7.11 Å². The minimum atomic E-state index is 0.568. The smallest absolute Gasteiger partial charge is 0.101 e. The van der Waals surface area contributed by atoms with Crippen LogP contribution in [-0.4, -0.2) is 26.8 Å². The van der Waals surface area contributed by atoms with Crippen LogP contribution in [0.15, 0.2) is 22.7 Å². The maximum Gasteiger partial charge on any atom is 0.101 e. The molecule has 1 aliphatic rings. The lowest BCUT2D eigenvalue weighted by Crippen LogP contribution is -2.37. The van der Waals surface area contributed by atoms with E-state index in [0.717, 1.165) is 41.8 Å². The number of rotatable bonds is 3. The molecule has 2 rings (SSSR count). The first-order valence-electron chi connectivity index (χ1n) is 6.18. The fourth-order valence-electron chi connectivity index (χ4n) is 2.53. The molecule has 1 heterocycles. The first-order chi connectivity index (χ1) is 8.74. The highest BCUT2D eigenvalue weighted by molar-refractivity contribution is 9.10. The topological polar surface area (TPSA) is 36.3 Å². The molecule has 1 aromatic carbocycles. The van der Waals surface area contributed by atoms with E-state index in [1.807, 2.05) is 18.2 Å². The fraction of sp³-hybridized carbons (Fsp3) is 0.500. The number of methoxy groups -OCH3 is 1. The average Bonchev–Trinajstić information content (AvgIpc) is 2.39. The van der Waals surface area contributed by atoms with E-state index < -0.39 is 0 Å². The van der Waals surface area contributed by atoms with E-state index in [4.69, 9.17) is 4.74 Å². The summed E-state index contributed by atoms with van der Waals surface area (Å²) in [5, 5.41) is 9.22. The number of anilines is 1. The number of halogens is 1. The van der Waals surface area contributed by atoms with E-state index in [1.165, 1.54) is 6.42 Å². The van der Waals surface area contributed by atoms with Gasteiger partial charge in [-0.25, -0.2) is 0 Å². The van der Waals surface area contributed by atoms with E-state index in [-0.39, 0.29) is 0 Å². The molecular weight excluding hydrogens is 292 g/mol. The molecule has 0 bridgehead atoms. The Morgan fingerprint density at radius 3 is 3.11 bits per heavy atom. The minimum absolute atomic E-state index is 0.568. The summed E-state index contributed by atoms with van der Waals surface area (Å²) in [6.45, 7) is 2.80. The summed E-state index contributed by atoms with van der Waals surface area (Å²) in [5.41, 5.74) is 1.78. The predicted octanol–water partition coefficient (Wildman–Crippen LogP) is 3.18. The van der Waals surface area contributed by atoms with Crippen molar-refractivity contribution in [1.82, 2.24) is 0 Å². The van der Waals surface area contributed by atoms with Gasteiger partial charge >= 0.3 is 0 Å². The van der Waals surface area contributed by atoms with Crippen LogP contribution in [-0.2, 0) is 4.74 Å². The predicted molar refractivity (Wildman–Crippen MR) is 75.7 cm³/mol. The van der Waals surface area contributed by atoms with Crippen LogP contribution in [0.4, 0.5) is 5.69 Å². The molecular formula is C14H17BrN2O. The third-order valence-electron chi connectivity index (χ3n) is 3.34. The monoisotopic (exact) mass is 308 g/mol. The van der Waals surface area contributed by atoms with Crippen LogP contribution in [0.1, 0.15) is 18.4 Å². The second-order valence-electron chi connectivity index (χ2n) is 4.68. The van der Waals surface area contributed by atoms with Gasteiger partial charge in [0.15, 0.2) is 0 Å². The summed E-state index contributed by atoms with van der Waals surface area (Å²) in [4.78, 5) is 2.30. The summed E-state index contributed by atoms with van der Waals surface area (Å²) < 4.78 is 6.19. The third kappa shape index (κ3) is 3.04. The first kappa shape index (κ1) is 13.4. The van der Waals surface area contributed by atoms with Crippen LogP contribution in [0, 0.1) is 17.2 Å². The van der Waals surface area contributed by atoms with Gasteiger partial charge in [0.05, 0.1) is 17.9 Å². The zero-order valence-corrected chi connectivity index (χ0v) is 12.1. The largest absolute Gasteiger partial charge is 0.384 e. The highest BCUT2D eigenvalue weighted by Gasteiger charge is 2.21. The highest BCUT2D eigenvalue weighted by atomic mass is 79.9. The van der Waals surface area contributed by atoms with Gasteiger partial charge in [0, 0.05) is 24.7 Å². The molecule has 0 aromatic heterocycles. The normalized spacial score (nSPS) is 19.6. The molecule has 1 unspecified atom stereocenters. The van der Waals surface area contributed by atoms with Gasteiger partial charge < -0.3 is 9.64 Å². The van der Waals surface area contributed by atoms with Gasteiger partial charge in [0.1, 0.15) is 6.07 Å². The molecule has 0 spiro atoms. The van der Waals surface area contributed by atoms with Crippen molar-refractivity contribution < 1.29 is 4.74 Å². The Morgan fingerprint density at radius 1 is 1.56 bits per heavy atom. The molecule has 4 heteroatoms. The molecule has 0 saturated carbocycles. The zero-order valence-electron chi connectivity index (χ0n) is 10.5. The van der Waals surface area contributed by atoms with Gasteiger partial charge in [0.2, 0.25) is 0 Å². The van der Waals surface area contributed by atoms with Crippen LogP contribution in [0.25, 0.3) is 0 Å². The van der Waals surface area contributed by atoms with Crippen LogP contribution >= 0.6 is 15.9 Å². The number of nitrogens with zero attached hydrogens (tertiary/aromatic N) is 2. The first-order valence-corrected chi connectivity index (χ1v) is 6.97. The van der Waals surface area contributed by atoms with Crippen molar-refractivity contribution in [3.05, 3.63) is 28.2 Å². The standard InChI is InChI=1S/C14H17BrN2O/c1-18-10-11-3-2-6-17(9-11)14-5-4-13(15)7-12(14)8-16/h4-5,7,11H,2-3,6,9-10H2,1H3. The van der Waals surface area contributed by atoms with Gasteiger partial charge in [0.25, 0.3) is 0 Å². The average molecular weight is 309 g/mol. The van der Waals surface area contributed by atoms with Crippen molar-refractivity contribution in [3.8, 4) is 6.07 Å². The summed E-state index contributed by atoms with van der Waals surface area (Å²) in [6, 6.07) is 8.18. The summed E-state index contributed by atoms with van der Waals surface area (Å²) in [7, 11) is 1.75. The lowest BCUT2D eigenvalue weighted by atomic mass is 9.98. The summed E-state index contributed by atoms with van der Waals surface area (Å²) >= 11 is 3.41. The minimum Gasteiger partial charge on any atom is -0.384 e. The van der Waals surface area contributed by atoms with Crippen molar-refractivity contribution in [1.29, 1.82) is 5.26 Å². The number of benzene rings is 1. The molecule has 0 aliphatic carbocycles. The van der Waals surface area contributed by atoms with E-state index in [2.05, 4.69) is 26.9 Å². The molecule has 18 heavy (non-hydrogen) atoms. The third-order valence-corrected chi connectivity index (χ3v) is 3.83. The number of hydrogen-bond acceptors (Lipinski definition) is 3. The van der Waals surface area contributed by atoms with Crippen molar-refractivity contribution in [2.75, 3.05) is 31.7 Å². The Morgan fingerprint density at radius 2 is 2.39 bits per heavy atom. The van der Waals surface area contributed by atoms with Crippen molar-refractivity contribution >= 4 is 21.6 Å². The summed E-state index contributed by atoms with van der Waals surface area (Å²) in [5.74, 6) is 0.568. The lowest BCUT2D eigenvalue weighted by Gasteiger charge is -2.34.